The van der Waals surface area contributed by atoms with Crippen molar-refractivity contribution in [2.75, 3.05) is 6.61 Å². The van der Waals surface area contributed by atoms with Crippen molar-refractivity contribution in [2.45, 2.75) is 51.4 Å². The minimum atomic E-state index is -3.35. The van der Waals surface area contributed by atoms with Gasteiger partial charge >= 0.3 is 11.9 Å². The molecule has 1 saturated carbocycles. The summed E-state index contributed by atoms with van der Waals surface area (Å²) in [7, 11) is 0. The Balaban J connectivity index is 2.03. The van der Waals surface area contributed by atoms with E-state index in [0.29, 0.717) is 19.3 Å². The van der Waals surface area contributed by atoms with Crippen LogP contribution in [-0.2, 0) is 9.53 Å². The van der Waals surface area contributed by atoms with Crippen LogP contribution in [0.1, 0.15) is 45.4 Å². The van der Waals surface area contributed by atoms with E-state index in [2.05, 4.69) is 4.74 Å². The van der Waals surface area contributed by atoms with Gasteiger partial charge in [-0.15, -0.1) is 0 Å². The van der Waals surface area contributed by atoms with Crippen molar-refractivity contribution >= 4 is 5.97 Å². The average molecular weight is 220 g/mol. The second-order valence-electron chi connectivity index (χ2n) is 4.32. The van der Waals surface area contributed by atoms with Crippen molar-refractivity contribution in [3.63, 3.8) is 0 Å². The van der Waals surface area contributed by atoms with Gasteiger partial charge in [0.05, 0.1) is 6.61 Å². The van der Waals surface area contributed by atoms with E-state index in [1.165, 1.54) is 25.7 Å². The molecule has 2 nitrogen and oxygen atoms in total. The topological polar surface area (TPSA) is 26.3 Å². The van der Waals surface area contributed by atoms with Crippen LogP contribution in [0.2, 0.25) is 0 Å². The summed E-state index contributed by atoms with van der Waals surface area (Å²) < 4.78 is 29.2. The van der Waals surface area contributed by atoms with Crippen LogP contribution in [-0.4, -0.2) is 18.5 Å². The van der Waals surface area contributed by atoms with Crippen molar-refractivity contribution in [1.82, 2.24) is 0 Å². The summed E-state index contributed by atoms with van der Waals surface area (Å²) in [6.07, 6.45) is 6.71. The Morgan fingerprint density at radius 3 is 2.53 bits per heavy atom. The summed E-state index contributed by atoms with van der Waals surface area (Å²) in [5, 5.41) is 0. The smallest absolute Gasteiger partial charge is 0.376 e. The normalized spacial score (nSPS) is 18.1. The monoisotopic (exact) mass is 220 g/mol. The molecule has 88 valence electrons. The third kappa shape index (κ3) is 4.58. The summed E-state index contributed by atoms with van der Waals surface area (Å²) in [6.45, 7) is 0.686. The van der Waals surface area contributed by atoms with Gasteiger partial charge in [-0.3, -0.25) is 0 Å². The number of carbonyl (C=O) groups is 1. The van der Waals surface area contributed by atoms with E-state index in [1.54, 1.807) is 0 Å². The van der Waals surface area contributed by atoms with Crippen molar-refractivity contribution < 1.29 is 18.3 Å². The summed E-state index contributed by atoms with van der Waals surface area (Å²) in [4.78, 5) is 10.7. The molecule has 4 heteroatoms. The highest BCUT2D eigenvalue weighted by Crippen LogP contribution is 2.28. The van der Waals surface area contributed by atoms with Crippen molar-refractivity contribution in [2.24, 2.45) is 5.92 Å². The van der Waals surface area contributed by atoms with Gasteiger partial charge in [-0.25, -0.2) is 4.79 Å². The Morgan fingerprint density at radius 2 is 2.00 bits per heavy atom. The highest BCUT2D eigenvalue weighted by molar-refractivity contribution is 5.76. The Labute approximate surface area is 89.0 Å². The lowest BCUT2D eigenvalue weighted by Crippen LogP contribution is -2.27. The van der Waals surface area contributed by atoms with E-state index < -0.39 is 11.9 Å². The molecule has 0 aliphatic heterocycles. The lowest BCUT2D eigenvalue weighted by atomic mass is 10.0. The van der Waals surface area contributed by atoms with Crippen LogP contribution in [0.25, 0.3) is 0 Å². The molecule has 0 heterocycles. The maximum absolute atomic E-state index is 12.4. The Morgan fingerprint density at radius 1 is 1.40 bits per heavy atom. The third-order valence-corrected chi connectivity index (χ3v) is 2.82. The van der Waals surface area contributed by atoms with Crippen molar-refractivity contribution in [3.05, 3.63) is 0 Å². The molecule has 0 aromatic rings. The maximum atomic E-state index is 12.4. The first-order chi connectivity index (χ1) is 7.00. The molecule has 0 radical (unpaired) electrons. The first-order valence-electron chi connectivity index (χ1n) is 5.55. The summed E-state index contributed by atoms with van der Waals surface area (Å²) in [5.41, 5.74) is 0. The largest absolute Gasteiger partial charge is 0.461 e. The number of hydrogen-bond donors (Lipinski definition) is 0. The van der Waals surface area contributed by atoms with Crippen LogP contribution in [0.4, 0.5) is 8.78 Å². The molecule has 0 atom stereocenters. The number of alkyl halides is 2. The standard InChI is InChI=1S/C11H18F2O2/c1-11(12,13)10(14)15-8-4-7-9-5-2-3-6-9/h9H,2-8H2,1H3. The molecule has 0 N–H and O–H groups in total. The molecule has 1 fully saturated rings. The van der Waals surface area contributed by atoms with Gasteiger partial charge in [0.1, 0.15) is 0 Å². The maximum Gasteiger partial charge on any atom is 0.376 e. The molecule has 15 heavy (non-hydrogen) atoms. The lowest BCUT2D eigenvalue weighted by molar-refractivity contribution is -0.169. The van der Waals surface area contributed by atoms with Gasteiger partial charge in [-0.1, -0.05) is 25.7 Å². The zero-order valence-electron chi connectivity index (χ0n) is 9.10. The highest BCUT2D eigenvalue weighted by atomic mass is 19.3. The van der Waals surface area contributed by atoms with Crippen molar-refractivity contribution in [1.29, 1.82) is 0 Å². The number of carbonyl (C=O) groups excluding carboxylic acids is 1. The summed E-state index contributed by atoms with van der Waals surface area (Å²) >= 11 is 0. The SMILES string of the molecule is CC(F)(F)C(=O)OCCCC1CCCC1. The number of esters is 1. The van der Waals surface area contributed by atoms with Crippen LogP contribution in [0.3, 0.4) is 0 Å². The lowest BCUT2D eigenvalue weighted by Gasteiger charge is -2.11. The van der Waals surface area contributed by atoms with E-state index in [0.717, 1.165) is 6.42 Å². The van der Waals surface area contributed by atoms with Gasteiger partial charge in [0, 0.05) is 6.92 Å². The predicted octanol–water partition coefficient (Wildman–Crippen LogP) is 3.16. The molecule has 1 rings (SSSR count). The predicted molar refractivity (Wildman–Crippen MR) is 52.8 cm³/mol. The molecule has 0 unspecified atom stereocenters. The number of halogens is 2. The Hall–Kier alpha value is -0.670. The van der Waals surface area contributed by atoms with Gasteiger partial charge in [0.2, 0.25) is 0 Å². The van der Waals surface area contributed by atoms with Gasteiger partial charge in [0.15, 0.2) is 0 Å². The minimum Gasteiger partial charge on any atom is -0.461 e. The molecule has 1 aliphatic carbocycles. The fraction of sp³-hybridized carbons (Fsp3) is 0.909. The van der Waals surface area contributed by atoms with Crippen LogP contribution >= 0.6 is 0 Å². The van der Waals surface area contributed by atoms with E-state index >= 15 is 0 Å². The zero-order valence-corrected chi connectivity index (χ0v) is 9.10. The summed E-state index contributed by atoms with van der Waals surface area (Å²) in [6, 6.07) is 0. The van der Waals surface area contributed by atoms with Crippen LogP contribution in [0, 0.1) is 5.92 Å². The fourth-order valence-electron chi connectivity index (χ4n) is 1.96. The van der Waals surface area contributed by atoms with Gasteiger partial charge in [-0.05, 0) is 18.8 Å². The molecule has 0 aromatic carbocycles. The fourth-order valence-corrected chi connectivity index (χ4v) is 1.96. The van der Waals surface area contributed by atoms with Gasteiger partial charge in [0.25, 0.3) is 0 Å². The van der Waals surface area contributed by atoms with E-state index in [-0.39, 0.29) is 6.61 Å². The molecule has 0 amide bonds. The van der Waals surface area contributed by atoms with Crippen LogP contribution in [0.5, 0.6) is 0 Å². The molecule has 1 aliphatic rings. The molecule has 0 spiro atoms. The molecule has 0 saturated heterocycles. The molecule has 0 aromatic heterocycles. The number of ether oxygens (including phenoxy) is 1. The highest BCUT2D eigenvalue weighted by Gasteiger charge is 2.34. The summed E-state index contributed by atoms with van der Waals surface area (Å²) in [5.74, 6) is -4.05. The second-order valence-corrected chi connectivity index (χ2v) is 4.32. The second kappa shape index (κ2) is 5.42. The van der Waals surface area contributed by atoms with Gasteiger partial charge in [-0.2, -0.15) is 8.78 Å². The van der Waals surface area contributed by atoms with E-state index in [4.69, 9.17) is 0 Å². The van der Waals surface area contributed by atoms with Crippen LogP contribution in [0.15, 0.2) is 0 Å². The Kier molecular flexibility index (Phi) is 4.48. The van der Waals surface area contributed by atoms with Crippen molar-refractivity contribution in [3.8, 4) is 0 Å². The molecule has 0 bridgehead atoms. The first-order valence-corrected chi connectivity index (χ1v) is 5.55. The van der Waals surface area contributed by atoms with Gasteiger partial charge < -0.3 is 4.74 Å². The molecular formula is C11H18F2O2. The molecular weight excluding hydrogens is 202 g/mol. The quantitative estimate of drug-likeness (QED) is 0.525. The van der Waals surface area contributed by atoms with E-state index in [9.17, 15) is 13.6 Å². The van der Waals surface area contributed by atoms with E-state index in [1.807, 2.05) is 0 Å². The Bertz CT molecular complexity index is 205. The zero-order chi connectivity index (χ0) is 11.3. The van der Waals surface area contributed by atoms with Crippen LogP contribution < -0.4 is 0 Å². The number of hydrogen-bond acceptors (Lipinski definition) is 2. The number of rotatable bonds is 5. The first kappa shape index (κ1) is 12.4. The average Bonchev–Trinajstić information content (AvgIpc) is 2.63. The third-order valence-electron chi connectivity index (χ3n) is 2.82. The minimum absolute atomic E-state index is 0.124.